The summed E-state index contributed by atoms with van der Waals surface area (Å²) in [6.45, 7) is 4.22. The number of aryl methyl sites for hydroxylation is 1. The van der Waals surface area contributed by atoms with Crippen molar-refractivity contribution in [1.82, 2.24) is 10.0 Å². The van der Waals surface area contributed by atoms with Crippen molar-refractivity contribution in [2.45, 2.75) is 20.3 Å². The van der Waals surface area contributed by atoms with Crippen molar-refractivity contribution in [3.8, 4) is 11.8 Å². The van der Waals surface area contributed by atoms with Crippen molar-refractivity contribution in [3.63, 3.8) is 0 Å². The number of rotatable bonds is 5. The molecule has 0 saturated heterocycles. The summed E-state index contributed by atoms with van der Waals surface area (Å²) in [6, 6.07) is 11.5. The van der Waals surface area contributed by atoms with Gasteiger partial charge < -0.3 is 4.57 Å². The fourth-order valence-electron chi connectivity index (χ4n) is 2.05. The van der Waals surface area contributed by atoms with E-state index in [2.05, 4.69) is 12.4 Å². The predicted molar refractivity (Wildman–Crippen MR) is 79.0 cm³/mol. The number of aromatic nitrogens is 1. The number of hydrogen-bond acceptors (Lipinski definition) is 3. The quantitative estimate of drug-likeness (QED) is 0.858. The normalized spacial score (nSPS) is 10.1. The molecule has 0 radical (unpaired) electrons. The monoisotopic (exact) mass is 283 g/mol. The Morgan fingerprint density at radius 1 is 1.29 bits per heavy atom. The van der Waals surface area contributed by atoms with E-state index in [0.29, 0.717) is 12.2 Å². The maximum atomic E-state index is 12.2. The predicted octanol–water partition coefficient (Wildman–Crippen LogP) is 2.59. The van der Waals surface area contributed by atoms with Crippen LogP contribution in [0.1, 0.15) is 35.5 Å². The van der Waals surface area contributed by atoms with Crippen LogP contribution in [0.2, 0.25) is 0 Å². The molecule has 5 heteroatoms. The lowest BCUT2D eigenvalue weighted by molar-refractivity contribution is 0.0358. The zero-order valence-electron chi connectivity index (χ0n) is 12.1. The molecule has 5 nitrogen and oxygen atoms in total. The zero-order chi connectivity index (χ0) is 15.2. The zero-order valence-corrected chi connectivity index (χ0v) is 12.1. The lowest BCUT2D eigenvalue weighted by Gasteiger charge is -2.10. The first-order valence-electron chi connectivity index (χ1n) is 6.84. The molecule has 0 bridgehead atoms. The van der Waals surface area contributed by atoms with Gasteiger partial charge in [0.05, 0.1) is 12.2 Å². The number of nitriles is 1. The van der Waals surface area contributed by atoms with Crippen LogP contribution in [0.3, 0.4) is 0 Å². The van der Waals surface area contributed by atoms with Crippen molar-refractivity contribution in [2.24, 2.45) is 0 Å². The maximum absolute atomic E-state index is 12.2. The number of carbonyl (C=O) groups excluding carboxylic acids is 1. The summed E-state index contributed by atoms with van der Waals surface area (Å²) in [6.07, 6.45) is 2.66. The molecule has 0 aliphatic heterocycles. The minimum Gasteiger partial charge on any atom is -0.311 e. The van der Waals surface area contributed by atoms with E-state index in [0.717, 1.165) is 12.1 Å². The third-order valence-corrected chi connectivity index (χ3v) is 3.15. The maximum Gasteiger partial charge on any atom is 0.293 e. The molecule has 1 aromatic carbocycles. The highest BCUT2D eigenvalue weighted by Crippen LogP contribution is 2.18. The fourth-order valence-corrected chi connectivity index (χ4v) is 2.05. The summed E-state index contributed by atoms with van der Waals surface area (Å²) in [5.74, 6) is -0.432. The second kappa shape index (κ2) is 6.73. The second-order valence-corrected chi connectivity index (χ2v) is 4.44. The molecule has 0 fully saturated rings. The summed E-state index contributed by atoms with van der Waals surface area (Å²) in [7, 11) is 0. The molecule has 1 heterocycles. The first-order valence-corrected chi connectivity index (χ1v) is 6.84. The fraction of sp³-hybridized carbons (Fsp3) is 0.250. The van der Waals surface area contributed by atoms with E-state index in [4.69, 9.17) is 10.1 Å². The number of benzene rings is 1. The Morgan fingerprint density at radius 3 is 2.57 bits per heavy atom. The van der Waals surface area contributed by atoms with Gasteiger partial charge in [-0.3, -0.25) is 9.63 Å². The van der Waals surface area contributed by atoms with Gasteiger partial charge in [-0.05, 0) is 37.1 Å². The first kappa shape index (κ1) is 14.8. The van der Waals surface area contributed by atoms with Crippen LogP contribution in [0.15, 0.2) is 36.5 Å². The van der Waals surface area contributed by atoms with E-state index in [1.807, 2.05) is 30.3 Å². The lowest BCUT2D eigenvalue weighted by Crippen LogP contribution is -2.26. The van der Waals surface area contributed by atoms with Gasteiger partial charge in [-0.25, -0.2) is 5.48 Å². The van der Waals surface area contributed by atoms with Crippen LogP contribution in [-0.2, 0) is 11.3 Å². The van der Waals surface area contributed by atoms with E-state index in [1.54, 1.807) is 23.8 Å². The van der Waals surface area contributed by atoms with Gasteiger partial charge in [0.1, 0.15) is 11.8 Å². The van der Waals surface area contributed by atoms with E-state index in [1.165, 1.54) is 5.56 Å². The van der Waals surface area contributed by atoms with Gasteiger partial charge >= 0.3 is 0 Å². The number of hydrogen-bond donors (Lipinski definition) is 1. The molecule has 0 spiro atoms. The third-order valence-electron chi connectivity index (χ3n) is 3.15. The van der Waals surface area contributed by atoms with Crippen molar-refractivity contribution in [1.29, 1.82) is 5.26 Å². The Kier molecular flexibility index (Phi) is 4.75. The minimum atomic E-state index is -0.432. The van der Waals surface area contributed by atoms with Crippen LogP contribution >= 0.6 is 0 Å². The summed E-state index contributed by atoms with van der Waals surface area (Å²) >= 11 is 0. The van der Waals surface area contributed by atoms with Crippen LogP contribution in [-0.4, -0.2) is 17.1 Å². The molecule has 1 N–H and O–H groups in total. The Bertz CT molecular complexity index is 666. The average molecular weight is 283 g/mol. The topological polar surface area (TPSA) is 67.0 Å². The van der Waals surface area contributed by atoms with E-state index in [-0.39, 0.29) is 5.69 Å². The van der Waals surface area contributed by atoms with E-state index in [9.17, 15) is 4.79 Å². The summed E-state index contributed by atoms with van der Waals surface area (Å²) < 4.78 is 1.69. The van der Waals surface area contributed by atoms with Gasteiger partial charge in [0.25, 0.3) is 5.91 Å². The molecule has 0 unspecified atom stereocenters. The van der Waals surface area contributed by atoms with Gasteiger partial charge in [-0.15, -0.1) is 0 Å². The molecular formula is C16H17N3O2. The number of hydroxylamine groups is 1. The van der Waals surface area contributed by atoms with Crippen LogP contribution in [0.4, 0.5) is 0 Å². The average Bonchev–Trinajstić information content (AvgIpc) is 2.96. The van der Waals surface area contributed by atoms with Crippen molar-refractivity contribution < 1.29 is 9.63 Å². The highest BCUT2D eigenvalue weighted by atomic mass is 16.6. The van der Waals surface area contributed by atoms with E-state index < -0.39 is 5.91 Å². The molecule has 21 heavy (non-hydrogen) atoms. The standard InChI is InChI=1S/C16H17N3O2/c1-3-12-5-7-14(8-6-12)19-10-9-13(11-17)15(19)16(20)18-21-4-2/h5-10H,3-4H2,1-2H3,(H,18,20). The number of carbonyl (C=O) groups is 1. The van der Waals surface area contributed by atoms with Crippen LogP contribution < -0.4 is 5.48 Å². The van der Waals surface area contributed by atoms with Crippen LogP contribution in [0, 0.1) is 11.3 Å². The number of nitrogens with one attached hydrogen (secondary N) is 1. The number of amides is 1. The van der Waals surface area contributed by atoms with E-state index >= 15 is 0 Å². The number of nitrogens with zero attached hydrogens (tertiary/aromatic N) is 2. The molecule has 2 aromatic rings. The molecule has 1 aromatic heterocycles. The molecule has 0 aliphatic carbocycles. The van der Waals surface area contributed by atoms with Gasteiger partial charge in [0, 0.05) is 11.9 Å². The summed E-state index contributed by atoms with van der Waals surface area (Å²) in [5.41, 5.74) is 4.96. The summed E-state index contributed by atoms with van der Waals surface area (Å²) in [4.78, 5) is 17.1. The molecule has 0 aliphatic rings. The Balaban J connectivity index is 2.41. The largest absolute Gasteiger partial charge is 0.311 e. The smallest absolute Gasteiger partial charge is 0.293 e. The summed E-state index contributed by atoms with van der Waals surface area (Å²) in [5, 5.41) is 9.15. The Morgan fingerprint density at radius 2 is 2.00 bits per heavy atom. The molecule has 2 rings (SSSR count). The molecule has 0 atom stereocenters. The molecule has 1 amide bonds. The second-order valence-electron chi connectivity index (χ2n) is 4.44. The highest BCUT2D eigenvalue weighted by Gasteiger charge is 2.18. The van der Waals surface area contributed by atoms with Gasteiger partial charge in [0.2, 0.25) is 0 Å². The van der Waals surface area contributed by atoms with Gasteiger partial charge in [-0.1, -0.05) is 19.1 Å². The molecular weight excluding hydrogens is 266 g/mol. The minimum absolute atomic E-state index is 0.273. The first-order chi connectivity index (χ1) is 10.2. The van der Waals surface area contributed by atoms with Crippen molar-refractivity contribution in [3.05, 3.63) is 53.3 Å². The van der Waals surface area contributed by atoms with Crippen LogP contribution in [0.25, 0.3) is 5.69 Å². The molecule has 0 saturated carbocycles. The van der Waals surface area contributed by atoms with Gasteiger partial charge in [0.15, 0.2) is 0 Å². The third kappa shape index (κ3) is 3.12. The molecule has 108 valence electrons. The van der Waals surface area contributed by atoms with Crippen LogP contribution in [0.5, 0.6) is 0 Å². The van der Waals surface area contributed by atoms with Crippen molar-refractivity contribution in [2.75, 3.05) is 6.61 Å². The SMILES string of the molecule is CCONC(=O)c1c(C#N)ccn1-c1ccc(CC)cc1. The van der Waals surface area contributed by atoms with Gasteiger partial charge in [-0.2, -0.15) is 5.26 Å². The van der Waals surface area contributed by atoms with Crippen molar-refractivity contribution >= 4 is 5.91 Å². The Labute approximate surface area is 123 Å². The highest BCUT2D eigenvalue weighted by molar-refractivity contribution is 5.95. The lowest BCUT2D eigenvalue weighted by atomic mass is 10.1. The Hall–Kier alpha value is -2.58.